The summed E-state index contributed by atoms with van der Waals surface area (Å²) in [6, 6.07) is -0.882. The Morgan fingerprint density at radius 1 is 1.36 bits per heavy atom. The second kappa shape index (κ2) is 9.00. The van der Waals surface area contributed by atoms with Crippen LogP contribution in [0, 0.1) is 11.3 Å². The average Bonchev–Trinajstić information content (AvgIpc) is 2.58. The van der Waals surface area contributed by atoms with Gasteiger partial charge >= 0.3 is 0 Å². The zero-order valence-electron chi connectivity index (χ0n) is 14.6. The van der Waals surface area contributed by atoms with Crippen molar-refractivity contribution >= 4 is 17.8 Å². The lowest BCUT2D eigenvalue weighted by molar-refractivity contribution is -0.139. The lowest BCUT2D eigenvalue weighted by Gasteiger charge is -2.35. The van der Waals surface area contributed by atoms with Crippen LogP contribution in [0.1, 0.15) is 32.1 Å². The van der Waals surface area contributed by atoms with Crippen LogP contribution in [0.15, 0.2) is 0 Å². The van der Waals surface area contributed by atoms with Crippen molar-refractivity contribution < 1.29 is 14.7 Å². The van der Waals surface area contributed by atoms with Gasteiger partial charge in [0.15, 0.2) is 5.96 Å². The molecule has 2 fully saturated rings. The van der Waals surface area contributed by atoms with Gasteiger partial charge in [-0.3, -0.25) is 15.0 Å². The van der Waals surface area contributed by atoms with Crippen LogP contribution in [0.4, 0.5) is 0 Å². The van der Waals surface area contributed by atoms with Gasteiger partial charge in [-0.1, -0.05) is 0 Å². The van der Waals surface area contributed by atoms with Crippen molar-refractivity contribution in [3.05, 3.63) is 0 Å². The Labute approximate surface area is 148 Å². The van der Waals surface area contributed by atoms with Crippen molar-refractivity contribution in [3.8, 4) is 0 Å². The van der Waals surface area contributed by atoms with Crippen molar-refractivity contribution in [1.82, 2.24) is 15.1 Å². The number of carbonyl (C=O) groups is 2. The summed E-state index contributed by atoms with van der Waals surface area (Å²) in [4.78, 5) is 27.5. The highest BCUT2D eigenvalue weighted by molar-refractivity contribution is 5.88. The summed E-state index contributed by atoms with van der Waals surface area (Å²) in [5.41, 5.74) is 11.3. The minimum absolute atomic E-state index is 0.0206. The number of nitrogens with one attached hydrogen (secondary N) is 2. The molecular formula is C16H30N6O3. The molecule has 2 aliphatic heterocycles. The number of aliphatic hydroxyl groups excluding tert-OH is 1. The molecular weight excluding hydrogens is 324 g/mol. The van der Waals surface area contributed by atoms with E-state index < -0.39 is 6.04 Å². The normalized spacial score (nSPS) is 25.6. The number of piperidine rings is 2. The monoisotopic (exact) mass is 354 g/mol. The molecule has 0 spiro atoms. The van der Waals surface area contributed by atoms with Crippen LogP contribution in [-0.2, 0) is 9.59 Å². The predicted molar refractivity (Wildman–Crippen MR) is 93.6 cm³/mol. The van der Waals surface area contributed by atoms with E-state index in [9.17, 15) is 14.7 Å². The first-order valence-electron chi connectivity index (χ1n) is 8.94. The minimum atomic E-state index is -0.519. The second-order valence-corrected chi connectivity index (χ2v) is 7.03. The van der Waals surface area contributed by atoms with Gasteiger partial charge in [-0.15, -0.1) is 0 Å². The molecule has 0 radical (unpaired) electrons. The molecule has 2 saturated heterocycles. The molecule has 0 aromatic heterocycles. The maximum absolute atomic E-state index is 12.2. The van der Waals surface area contributed by atoms with E-state index in [1.807, 2.05) is 4.90 Å². The van der Waals surface area contributed by atoms with Crippen LogP contribution in [0.2, 0.25) is 0 Å². The number of guanidine groups is 1. The zero-order chi connectivity index (χ0) is 18.4. The molecule has 9 heteroatoms. The lowest BCUT2D eigenvalue weighted by atomic mass is 9.91. The third kappa shape index (κ3) is 5.57. The molecule has 0 saturated carbocycles. The number of nitrogens with zero attached hydrogens (tertiary/aromatic N) is 2. The average molecular weight is 354 g/mol. The number of rotatable bonds is 6. The van der Waals surface area contributed by atoms with Gasteiger partial charge in [0, 0.05) is 19.6 Å². The molecule has 2 aliphatic rings. The first-order valence-corrected chi connectivity index (χ1v) is 8.94. The predicted octanol–water partition coefficient (Wildman–Crippen LogP) is -1.59. The van der Waals surface area contributed by atoms with Crippen molar-refractivity contribution in [3.63, 3.8) is 0 Å². The third-order valence-electron chi connectivity index (χ3n) is 4.97. The molecule has 0 aliphatic carbocycles. The molecule has 3 atom stereocenters. The SMILES string of the molecule is N=C(N)N1CCC[C@H](C[C@@H](CO)NC(=O)CN2CCC[C@H](N)C2=O)C1. The highest BCUT2D eigenvalue weighted by Crippen LogP contribution is 2.20. The Kier molecular flexibility index (Phi) is 7.01. The molecule has 0 unspecified atom stereocenters. The van der Waals surface area contributed by atoms with Gasteiger partial charge in [0.1, 0.15) is 0 Å². The van der Waals surface area contributed by atoms with Gasteiger partial charge < -0.3 is 31.7 Å². The van der Waals surface area contributed by atoms with Gasteiger partial charge in [0.2, 0.25) is 11.8 Å². The molecule has 2 amide bonds. The van der Waals surface area contributed by atoms with E-state index in [-0.39, 0.29) is 42.9 Å². The molecule has 0 aromatic rings. The summed E-state index contributed by atoms with van der Waals surface area (Å²) >= 11 is 0. The molecule has 0 aromatic carbocycles. The van der Waals surface area contributed by atoms with Crippen LogP contribution < -0.4 is 16.8 Å². The quantitative estimate of drug-likeness (QED) is 0.287. The van der Waals surface area contributed by atoms with Gasteiger partial charge in [0.05, 0.1) is 25.2 Å². The van der Waals surface area contributed by atoms with E-state index in [4.69, 9.17) is 16.9 Å². The Hall–Kier alpha value is -1.87. The highest BCUT2D eigenvalue weighted by Gasteiger charge is 2.28. The molecule has 2 heterocycles. The summed E-state index contributed by atoms with van der Waals surface area (Å²) in [5, 5.41) is 19.9. The second-order valence-electron chi connectivity index (χ2n) is 7.03. The first-order chi connectivity index (χ1) is 11.9. The van der Waals surface area contributed by atoms with Crippen LogP contribution in [-0.4, -0.2) is 77.5 Å². The van der Waals surface area contributed by atoms with E-state index in [2.05, 4.69) is 5.32 Å². The van der Waals surface area contributed by atoms with Crippen molar-refractivity contribution in [2.45, 2.75) is 44.2 Å². The number of aliphatic hydroxyl groups is 1. The number of carbonyl (C=O) groups excluding carboxylic acids is 2. The Bertz CT molecular complexity index is 500. The minimum Gasteiger partial charge on any atom is -0.394 e. The lowest BCUT2D eigenvalue weighted by Crippen LogP contribution is -2.53. The number of nitrogens with two attached hydrogens (primary N) is 2. The van der Waals surface area contributed by atoms with E-state index in [0.717, 1.165) is 25.8 Å². The standard InChI is InChI=1S/C16H30N6O3/c17-13-4-2-5-21(15(13)25)9-14(24)20-12(10-23)7-11-3-1-6-22(8-11)16(18)19/h11-13,23H,1-10,17H2,(H3,18,19)(H,20,24)/t11-,12+,13+/m1/s1. The topological polar surface area (TPSA) is 149 Å². The fourth-order valence-corrected chi connectivity index (χ4v) is 3.63. The summed E-state index contributed by atoms with van der Waals surface area (Å²) in [7, 11) is 0. The Morgan fingerprint density at radius 3 is 2.76 bits per heavy atom. The smallest absolute Gasteiger partial charge is 0.239 e. The number of hydrogen-bond donors (Lipinski definition) is 5. The number of hydrogen-bond acceptors (Lipinski definition) is 5. The molecule has 9 nitrogen and oxygen atoms in total. The molecule has 142 valence electrons. The number of likely N-dealkylation sites (tertiary alicyclic amines) is 2. The Balaban J connectivity index is 1.81. The fraction of sp³-hybridized carbons (Fsp3) is 0.812. The van der Waals surface area contributed by atoms with E-state index >= 15 is 0 Å². The van der Waals surface area contributed by atoms with Crippen LogP contribution in [0.3, 0.4) is 0 Å². The molecule has 7 N–H and O–H groups in total. The largest absolute Gasteiger partial charge is 0.394 e. The van der Waals surface area contributed by atoms with E-state index in [1.54, 1.807) is 0 Å². The summed E-state index contributed by atoms with van der Waals surface area (Å²) in [5.74, 6) is -0.138. The number of amides is 2. The summed E-state index contributed by atoms with van der Waals surface area (Å²) < 4.78 is 0. The molecule has 2 rings (SSSR count). The van der Waals surface area contributed by atoms with Gasteiger partial charge in [-0.05, 0) is 38.0 Å². The third-order valence-corrected chi connectivity index (χ3v) is 4.97. The van der Waals surface area contributed by atoms with Crippen molar-refractivity contribution in [2.75, 3.05) is 32.8 Å². The molecule has 0 bridgehead atoms. The maximum atomic E-state index is 12.2. The van der Waals surface area contributed by atoms with Gasteiger partial charge in [-0.2, -0.15) is 0 Å². The van der Waals surface area contributed by atoms with Crippen LogP contribution >= 0.6 is 0 Å². The van der Waals surface area contributed by atoms with Crippen molar-refractivity contribution in [2.24, 2.45) is 17.4 Å². The Morgan fingerprint density at radius 2 is 2.08 bits per heavy atom. The summed E-state index contributed by atoms with van der Waals surface area (Å²) in [6.45, 7) is 1.81. The fourth-order valence-electron chi connectivity index (χ4n) is 3.63. The summed E-state index contributed by atoms with van der Waals surface area (Å²) in [6.07, 6.45) is 4.00. The zero-order valence-corrected chi connectivity index (χ0v) is 14.6. The van der Waals surface area contributed by atoms with Crippen molar-refractivity contribution in [1.29, 1.82) is 5.41 Å². The maximum Gasteiger partial charge on any atom is 0.239 e. The van der Waals surface area contributed by atoms with Gasteiger partial charge in [-0.25, -0.2) is 0 Å². The molecule has 25 heavy (non-hydrogen) atoms. The van der Waals surface area contributed by atoms with E-state index in [1.165, 1.54) is 4.90 Å². The van der Waals surface area contributed by atoms with Crippen LogP contribution in [0.25, 0.3) is 0 Å². The van der Waals surface area contributed by atoms with Crippen LogP contribution in [0.5, 0.6) is 0 Å². The highest BCUT2D eigenvalue weighted by atomic mass is 16.3. The van der Waals surface area contributed by atoms with Gasteiger partial charge in [0.25, 0.3) is 0 Å². The van der Waals surface area contributed by atoms with E-state index in [0.29, 0.717) is 25.9 Å². The first kappa shape index (κ1) is 19.5.